The van der Waals surface area contributed by atoms with E-state index in [-0.39, 0.29) is 11.5 Å². The minimum Gasteiger partial charge on any atom is -0.324 e. The maximum Gasteiger partial charge on any atom is 0.256 e. The number of carbonyl (C=O) groups is 1. The molecule has 4 rings (SSSR count). The molecule has 0 saturated heterocycles. The number of rotatable bonds is 3. The van der Waals surface area contributed by atoms with Gasteiger partial charge in [0.1, 0.15) is 0 Å². The van der Waals surface area contributed by atoms with Crippen LogP contribution in [0.25, 0.3) is 22.2 Å². The molecule has 6 nitrogen and oxygen atoms in total. The Hall–Kier alpha value is -3.80. The van der Waals surface area contributed by atoms with Gasteiger partial charge in [-0.15, -0.1) is 0 Å². The molecule has 0 saturated carbocycles. The average molecular weight is 370 g/mol. The number of nitrogens with one attached hydrogen (secondary N) is 2. The fraction of sp³-hybridized carbons (Fsp3) is 0.0909. The Bertz CT molecular complexity index is 1220. The number of nitrogens with zero attached hydrogens (tertiary/aromatic N) is 2. The topological polar surface area (TPSA) is 87.7 Å². The van der Waals surface area contributed by atoms with Crippen LogP contribution in [0, 0.1) is 13.8 Å². The molecule has 0 fully saturated rings. The summed E-state index contributed by atoms with van der Waals surface area (Å²) in [5.41, 5.74) is 4.48. The molecule has 0 radical (unpaired) electrons. The summed E-state index contributed by atoms with van der Waals surface area (Å²) in [6, 6.07) is 14.5. The van der Waals surface area contributed by atoms with E-state index in [1.165, 1.54) is 6.07 Å². The van der Waals surface area contributed by atoms with Crippen molar-refractivity contribution < 1.29 is 4.79 Å². The Morgan fingerprint density at radius 2 is 1.89 bits per heavy atom. The number of hydrogen-bond acceptors (Lipinski definition) is 4. The lowest BCUT2D eigenvalue weighted by Gasteiger charge is -2.13. The van der Waals surface area contributed by atoms with Crippen molar-refractivity contribution in [1.82, 2.24) is 15.0 Å². The molecule has 0 aliphatic heterocycles. The van der Waals surface area contributed by atoms with Crippen molar-refractivity contribution in [2.24, 2.45) is 0 Å². The van der Waals surface area contributed by atoms with E-state index >= 15 is 0 Å². The van der Waals surface area contributed by atoms with Crippen LogP contribution < -0.4 is 10.9 Å². The zero-order valence-corrected chi connectivity index (χ0v) is 15.5. The number of fused-ring (bicyclic) bond motifs is 1. The molecule has 0 spiro atoms. The number of carbonyl (C=O) groups excluding carboxylic acids is 1. The van der Waals surface area contributed by atoms with E-state index in [1.54, 1.807) is 32.3 Å². The zero-order chi connectivity index (χ0) is 19.7. The maximum atomic E-state index is 13.2. The molecule has 0 aliphatic rings. The van der Waals surface area contributed by atoms with E-state index in [0.29, 0.717) is 28.2 Å². The number of para-hydroxylation sites is 1. The summed E-state index contributed by atoms with van der Waals surface area (Å²) in [5.74, 6) is -0.262. The normalized spacial score (nSPS) is 10.8. The number of benzene rings is 1. The molecule has 0 atom stereocenters. The fourth-order valence-electron chi connectivity index (χ4n) is 3.25. The summed E-state index contributed by atoms with van der Waals surface area (Å²) in [5, 5.41) is 3.70. The first-order chi connectivity index (χ1) is 13.5. The van der Waals surface area contributed by atoms with Crippen molar-refractivity contribution in [2.45, 2.75) is 13.8 Å². The van der Waals surface area contributed by atoms with Crippen LogP contribution in [0.4, 0.5) is 5.69 Å². The van der Waals surface area contributed by atoms with Crippen molar-refractivity contribution >= 4 is 22.5 Å². The van der Waals surface area contributed by atoms with Gasteiger partial charge in [0.2, 0.25) is 5.56 Å². The van der Waals surface area contributed by atoms with Crippen molar-refractivity contribution in [3.8, 4) is 11.3 Å². The minimum absolute atomic E-state index is 0.193. The minimum atomic E-state index is -0.262. The molecule has 2 N–H and O–H groups in total. The summed E-state index contributed by atoms with van der Waals surface area (Å²) in [7, 11) is 0. The Morgan fingerprint density at radius 1 is 1.07 bits per heavy atom. The van der Waals surface area contributed by atoms with E-state index in [2.05, 4.69) is 20.3 Å². The lowest BCUT2D eigenvalue weighted by molar-refractivity contribution is 0.102. The second kappa shape index (κ2) is 7.08. The number of aromatic nitrogens is 3. The number of hydrogen-bond donors (Lipinski definition) is 2. The fourth-order valence-corrected chi connectivity index (χ4v) is 3.25. The van der Waals surface area contributed by atoms with Crippen LogP contribution in [-0.2, 0) is 0 Å². The molecule has 3 heterocycles. The van der Waals surface area contributed by atoms with Crippen LogP contribution in [0.2, 0.25) is 0 Å². The molecule has 3 aromatic heterocycles. The van der Waals surface area contributed by atoms with Gasteiger partial charge in [-0.1, -0.05) is 18.2 Å². The molecular formula is C22H18N4O2. The van der Waals surface area contributed by atoms with Gasteiger partial charge in [0.05, 0.1) is 22.5 Å². The third-order valence-electron chi connectivity index (χ3n) is 4.58. The van der Waals surface area contributed by atoms with Gasteiger partial charge in [-0.3, -0.25) is 14.6 Å². The van der Waals surface area contributed by atoms with Crippen LogP contribution in [0.5, 0.6) is 0 Å². The number of H-pyrrole nitrogens is 1. The average Bonchev–Trinajstić information content (AvgIpc) is 2.70. The number of anilines is 1. The zero-order valence-electron chi connectivity index (χ0n) is 15.5. The molecule has 4 aromatic rings. The largest absolute Gasteiger partial charge is 0.324 e. The van der Waals surface area contributed by atoms with Gasteiger partial charge in [-0.2, -0.15) is 0 Å². The standard InChI is InChI=1S/C22H18N4O2/c1-13-10-20(27)24-14(2)21(13)26-22(28)17-11-19(15-6-5-9-23-12-15)25-18-8-4-3-7-16(17)18/h3-12H,1-2H3,(H,24,27)(H,26,28). The molecule has 6 heteroatoms. The van der Waals surface area contributed by atoms with E-state index in [9.17, 15) is 9.59 Å². The molecule has 28 heavy (non-hydrogen) atoms. The van der Waals surface area contributed by atoms with Gasteiger partial charge >= 0.3 is 0 Å². The van der Waals surface area contributed by atoms with Crippen molar-refractivity contribution in [3.05, 3.63) is 88.1 Å². The van der Waals surface area contributed by atoms with Crippen LogP contribution in [0.1, 0.15) is 21.6 Å². The predicted molar refractivity (Wildman–Crippen MR) is 109 cm³/mol. The number of amides is 1. The Balaban J connectivity index is 1.83. The second-order valence-corrected chi connectivity index (χ2v) is 6.58. The number of aryl methyl sites for hydroxylation is 2. The van der Waals surface area contributed by atoms with Crippen LogP contribution >= 0.6 is 0 Å². The monoisotopic (exact) mass is 370 g/mol. The van der Waals surface area contributed by atoms with E-state index in [4.69, 9.17) is 0 Å². The lowest BCUT2D eigenvalue weighted by Crippen LogP contribution is -2.18. The summed E-state index contributed by atoms with van der Waals surface area (Å²) in [6.45, 7) is 3.55. The molecule has 1 aromatic carbocycles. The van der Waals surface area contributed by atoms with Crippen molar-refractivity contribution in [2.75, 3.05) is 5.32 Å². The molecule has 0 unspecified atom stereocenters. The van der Waals surface area contributed by atoms with Crippen LogP contribution in [0.15, 0.2) is 65.7 Å². The number of pyridine rings is 3. The molecule has 0 bridgehead atoms. The maximum absolute atomic E-state index is 13.2. The highest BCUT2D eigenvalue weighted by Crippen LogP contribution is 2.26. The van der Waals surface area contributed by atoms with Crippen molar-refractivity contribution in [3.63, 3.8) is 0 Å². The van der Waals surface area contributed by atoms with Crippen LogP contribution in [0.3, 0.4) is 0 Å². The molecule has 138 valence electrons. The van der Waals surface area contributed by atoms with Gasteiger partial charge < -0.3 is 10.3 Å². The van der Waals surface area contributed by atoms with Crippen molar-refractivity contribution in [1.29, 1.82) is 0 Å². The van der Waals surface area contributed by atoms with Gasteiger partial charge in [0, 0.05) is 35.1 Å². The number of aromatic amines is 1. The second-order valence-electron chi connectivity index (χ2n) is 6.58. The predicted octanol–water partition coefficient (Wildman–Crippen LogP) is 3.85. The Kier molecular flexibility index (Phi) is 4.45. The molecule has 1 amide bonds. The SMILES string of the molecule is Cc1cc(=O)[nH]c(C)c1NC(=O)c1cc(-c2cccnc2)nc2ccccc12. The Labute approximate surface area is 161 Å². The summed E-state index contributed by atoms with van der Waals surface area (Å²) in [6.07, 6.45) is 3.41. The van der Waals surface area contributed by atoms with Crippen LogP contribution in [-0.4, -0.2) is 20.9 Å². The van der Waals surface area contributed by atoms with Gasteiger partial charge in [-0.25, -0.2) is 4.98 Å². The highest BCUT2D eigenvalue weighted by molar-refractivity contribution is 6.13. The van der Waals surface area contributed by atoms with Gasteiger partial charge in [-0.05, 0) is 43.7 Å². The highest BCUT2D eigenvalue weighted by atomic mass is 16.1. The third-order valence-corrected chi connectivity index (χ3v) is 4.58. The summed E-state index contributed by atoms with van der Waals surface area (Å²) < 4.78 is 0. The van der Waals surface area contributed by atoms with E-state index < -0.39 is 0 Å². The molecule has 0 aliphatic carbocycles. The highest BCUT2D eigenvalue weighted by Gasteiger charge is 2.16. The smallest absolute Gasteiger partial charge is 0.256 e. The Morgan fingerprint density at radius 3 is 2.64 bits per heavy atom. The summed E-state index contributed by atoms with van der Waals surface area (Å²) >= 11 is 0. The van der Waals surface area contributed by atoms with Gasteiger partial charge in [0.25, 0.3) is 5.91 Å². The lowest BCUT2D eigenvalue weighted by atomic mass is 10.0. The third kappa shape index (κ3) is 3.27. The first-order valence-electron chi connectivity index (χ1n) is 8.85. The summed E-state index contributed by atoms with van der Waals surface area (Å²) in [4.78, 5) is 36.3. The quantitative estimate of drug-likeness (QED) is 0.573. The first kappa shape index (κ1) is 17.6. The van der Waals surface area contributed by atoms with E-state index in [0.717, 1.165) is 16.5 Å². The van der Waals surface area contributed by atoms with E-state index in [1.807, 2.05) is 36.4 Å². The molecular weight excluding hydrogens is 352 g/mol. The first-order valence-corrected chi connectivity index (χ1v) is 8.85. The van der Waals surface area contributed by atoms with Gasteiger partial charge in [0.15, 0.2) is 0 Å².